The second-order valence-electron chi connectivity index (χ2n) is 4.82. The molecule has 1 heterocycles. The minimum atomic E-state index is -0.445. The Morgan fingerprint density at radius 1 is 1.29 bits per heavy atom. The van der Waals surface area contributed by atoms with Gasteiger partial charge in [0.2, 0.25) is 0 Å². The van der Waals surface area contributed by atoms with Crippen LogP contribution in [-0.4, -0.2) is 25.0 Å². The molecule has 4 heteroatoms. The Morgan fingerprint density at radius 2 is 1.94 bits per heavy atom. The molecule has 94 valence electrons. The molecule has 1 N–H and O–H groups in total. The molecular weight excluding hydrogens is 329 g/mol. The van der Waals surface area contributed by atoms with Gasteiger partial charge in [-0.1, -0.05) is 0 Å². The van der Waals surface area contributed by atoms with Crippen molar-refractivity contribution in [2.45, 2.75) is 32.6 Å². The summed E-state index contributed by atoms with van der Waals surface area (Å²) < 4.78 is 12.5. The predicted octanol–water partition coefficient (Wildman–Crippen LogP) is 3.16. The SMILES string of the molecule is Cc1cc(I)ccc1NC1COC(C)(C)OC1. The lowest BCUT2D eigenvalue weighted by atomic mass is 10.1. The van der Waals surface area contributed by atoms with Crippen molar-refractivity contribution in [1.82, 2.24) is 0 Å². The molecule has 0 radical (unpaired) electrons. The topological polar surface area (TPSA) is 30.5 Å². The van der Waals surface area contributed by atoms with Gasteiger partial charge in [0.05, 0.1) is 19.3 Å². The van der Waals surface area contributed by atoms with Crippen LogP contribution in [0.25, 0.3) is 0 Å². The van der Waals surface area contributed by atoms with Crippen LogP contribution < -0.4 is 5.32 Å². The fourth-order valence-corrected chi connectivity index (χ4v) is 2.43. The zero-order valence-corrected chi connectivity index (χ0v) is 12.6. The van der Waals surface area contributed by atoms with Crippen LogP contribution in [0.1, 0.15) is 19.4 Å². The highest BCUT2D eigenvalue weighted by Gasteiger charge is 2.28. The molecule has 0 spiro atoms. The first-order chi connectivity index (χ1) is 7.96. The quantitative estimate of drug-likeness (QED) is 0.834. The van der Waals surface area contributed by atoms with Crippen LogP contribution >= 0.6 is 22.6 Å². The van der Waals surface area contributed by atoms with E-state index in [1.165, 1.54) is 9.13 Å². The summed E-state index contributed by atoms with van der Waals surface area (Å²) in [6.45, 7) is 7.36. The van der Waals surface area contributed by atoms with E-state index in [2.05, 4.69) is 53.0 Å². The van der Waals surface area contributed by atoms with Crippen LogP contribution in [0.4, 0.5) is 5.69 Å². The van der Waals surface area contributed by atoms with Gasteiger partial charge >= 0.3 is 0 Å². The van der Waals surface area contributed by atoms with Crippen LogP contribution in [0.15, 0.2) is 18.2 Å². The molecule has 0 aromatic heterocycles. The average molecular weight is 347 g/mol. The molecule has 1 saturated heterocycles. The molecule has 3 nitrogen and oxygen atoms in total. The van der Waals surface area contributed by atoms with Crippen LogP contribution in [0.3, 0.4) is 0 Å². The summed E-state index contributed by atoms with van der Waals surface area (Å²) in [6.07, 6.45) is 0. The standard InChI is InChI=1S/C13H18INO2/c1-9-6-10(14)4-5-12(9)15-11-7-16-13(2,3)17-8-11/h4-6,11,15H,7-8H2,1-3H3. The van der Waals surface area contributed by atoms with E-state index in [0.717, 1.165) is 5.69 Å². The highest BCUT2D eigenvalue weighted by Crippen LogP contribution is 2.22. The number of rotatable bonds is 2. The summed E-state index contributed by atoms with van der Waals surface area (Å²) in [6, 6.07) is 6.60. The van der Waals surface area contributed by atoms with Gasteiger partial charge in [-0.3, -0.25) is 0 Å². The molecule has 0 saturated carbocycles. The van der Waals surface area contributed by atoms with Crippen molar-refractivity contribution in [1.29, 1.82) is 0 Å². The normalized spacial score (nSPS) is 20.2. The van der Waals surface area contributed by atoms with E-state index in [9.17, 15) is 0 Å². The Morgan fingerprint density at radius 3 is 2.53 bits per heavy atom. The van der Waals surface area contributed by atoms with Gasteiger partial charge in [0.1, 0.15) is 0 Å². The van der Waals surface area contributed by atoms with Gasteiger partial charge < -0.3 is 14.8 Å². The molecule has 17 heavy (non-hydrogen) atoms. The molecule has 0 amide bonds. The summed E-state index contributed by atoms with van der Waals surface area (Å²) in [4.78, 5) is 0. The zero-order chi connectivity index (χ0) is 12.5. The maximum Gasteiger partial charge on any atom is 0.162 e. The molecule has 2 rings (SSSR count). The van der Waals surface area contributed by atoms with E-state index in [4.69, 9.17) is 9.47 Å². The number of anilines is 1. The number of hydrogen-bond acceptors (Lipinski definition) is 3. The molecule has 1 aliphatic rings. The van der Waals surface area contributed by atoms with Gasteiger partial charge in [-0.25, -0.2) is 0 Å². The van der Waals surface area contributed by atoms with Gasteiger partial charge in [-0.05, 0) is 67.1 Å². The average Bonchev–Trinajstić information content (AvgIpc) is 2.25. The van der Waals surface area contributed by atoms with E-state index in [-0.39, 0.29) is 6.04 Å². The monoisotopic (exact) mass is 347 g/mol. The zero-order valence-electron chi connectivity index (χ0n) is 10.4. The third kappa shape index (κ3) is 3.56. The minimum absolute atomic E-state index is 0.224. The van der Waals surface area contributed by atoms with Crippen molar-refractivity contribution >= 4 is 28.3 Å². The van der Waals surface area contributed by atoms with E-state index in [1.807, 2.05) is 13.8 Å². The lowest BCUT2D eigenvalue weighted by Gasteiger charge is -2.35. The Balaban J connectivity index is 1.98. The van der Waals surface area contributed by atoms with Crippen molar-refractivity contribution < 1.29 is 9.47 Å². The van der Waals surface area contributed by atoms with Crippen molar-refractivity contribution in [3.05, 3.63) is 27.3 Å². The minimum Gasteiger partial charge on any atom is -0.377 e. The molecule has 0 atom stereocenters. The molecule has 0 aliphatic carbocycles. The Labute approximate surface area is 116 Å². The summed E-state index contributed by atoms with van der Waals surface area (Å²) in [5.74, 6) is -0.445. The first-order valence-corrected chi connectivity index (χ1v) is 6.85. The lowest BCUT2D eigenvalue weighted by Crippen LogP contribution is -2.45. The van der Waals surface area contributed by atoms with Crippen LogP contribution in [0, 0.1) is 10.5 Å². The van der Waals surface area contributed by atoms with Crippen LogP contribution in [0.2, 0.25) is 0 Å². The van der Waals surface area contributed by atoms with E-state index < -0.39 is 5.79 Å². The molecular formula is C13H18INO2. The maximum atomic E-state index is 5.63. The Hall–Kier alpha value is -0.330. The fraction of sp³-hybridized carbons (Fsp3) is 0.538. The van der Waals surface area contributed by atoms with E-state index >= 15 is 0 Å². The highest BCUT2D eigenvalue weighted by molar-refractivity contribution is 14.1. The van der Waals surface area contributed by atoms with Crippen molar-refractivity contribution in [3.8, 4) is 0 Å². The van der Waals surface area contributed by atoms with E-state index in [0.29, 0.717) is 13.2 Å². The number of nitrogens with one attached hydrogen (secondary N) is 1. The van der Waals surface area contributed by atoms with Crippen LogP contribution in [0.5, 0.6) is 0 Å². The van der Waals surface area contributed by atoms with E-state index in [1.54, 1.807) is 0 Å². The number of ether oxygens (including phenoxy) is 2. The van der Waals surface area contributed by atoms with Crippen molar-refractivity contribution in [2.75, 3.05) is 18.5 Å². The first-order valence-electron chi connectivity index (χ1n) is 5.77. The van der Waals surface area contributed by atoms with Gasteiger partial charge in [-0.15, -0.1) is 0 Å². The fourth-order valence-electron chi connectivity index (χ4n) is 1.78. The molecule has 1 aliphatic heterocycles. The molecule has 1 fully saturated rings. The van der Waals surface area contributed by atoms with Gasteiger partial charge in [0, 0.05) is 9.26 Å². The molecule has 1 aromatic carbocycles. The summed E-state index contributed by atoms with van der Waals surface area (Å²) in [7, 11) is 0. The Kier molecular flexibility index (Phi) is 3.95. The summed E-state index contributed by atoms with van der Waals surface area (Å²) in [5, 5.41) is 3.46. The smallest absolute Gasteiger partial charge is 0.162 e. The number of aryl methyl sites for hydroxylation is 1. The summed E-state index contributed by atoms with van der Waals surface area (Å²) >= 11 is 2.32. The molecule has 1 aromatic rings. The predicted molar refractivity (Wildman–Crippen MR) is 77.3 cm³/mol. The highest BCUT2D eigenvalue weighted by atomic mass is 127. The van der Waals surface area contributed by atoms with Gasteiger partial charge in [-0.2, -0.15) is 0 Å². The van der Waals surface area contributed by atoms with Crippen molar-refractivity contribution in [3.63, 3.8) is 0 Å². The number of halogens is 1. The van der Waals surface area contributed by atoms with Crippen LogP contribution in [-0.2, 0) is 9.47 Å². The lowest BCUT2D eigenvalue weighted by molar-refractivity contribution is -0.247. The third-order valence-electron chi connectivity index (χ3n) is 2.81. The number of benzene rings is 1. The molecule has 0 bridgehead atoms. The maximum absolute atomic E-state index is 5.63. The van der Waals surface area contributed by atoms with Gasteiger partial charge in [0.15, 0.2) is 5.79 Å². The second kappa shape index (κ2) is 5.12. The Bertz CT molecular complexity index is 396. The largest absolute Gasteiger partial charge is 0.377 e. The third-order valence-corrected chi connectivity index (χ3v) is 3.48. The number of hydrogen-bond donors (Lipinski definition) is 1. The molecule has 0 unspecified atom stereocenters. The summed E-state index contributed by atoms with van der Waals surface area (Å²) in [5.41, 5.74) is 2.41. The van der Waals surface area contributed by atoms with Gasteiger partial charge in [0.25, 0.3) is 0 Å². The second-order valence-corrected chi connectivity index (χ2v) is 6.07. The first kappa shape index (κ1) is 13.1. The van der Waals surface area contributed by atoms with Crippen molar-refractivity contribution in [2.24, 2.45) is 0 Å².